The quantitative estimate of drug-likeness (QED) is 0.522. The van der Waals surface area contributed by atoms with E-state index in [0.717, 1.165) is 47.7 Å². The van der Waals surface area contributed by atoms with Crippen LogP contribution in [0.5, 0.6) is 0 Å². The molecule has 1 aliphatic rings. The Morgan fingerprint density at radius 2 is 1.97 bits per heavy atom. The molecule has 8 nitrogen and oxygen atoms in total. The zero-order chi connectivity index (χ0) is 20.5. The maximum absolute atomic E-state index is 13.1. The second kappa shape index (κ2) is 7.72. The average molecular weight is 402 g/mol. The fourth-order valence-electron chi connectivity index (χ4n) is 3.85. The molecule has 1 fully saturated rings. The van der Waals surface area contributed by atoms with Crippen molar-refractivity contribution < 1.29 is 9.21 Å². The zero-order valence-electron chi connectivity index (χ0n) is 16.7. The van der Waals surface area contributed by atoms with Crippen LogP contribution in [0.25, 0.3) is 16.6 Å². The van der Waals surface area contributed by atoms with Gasteiger partial charge in [-0.1, -0.05) is 11.3 Å². The first kappa shape index (κ1) is 18.5. The lowest BCUT2D eigenvalue weighted by atomic mass is 10.2. The van der Waals surface area contributed by atoms with Crippen molar-refractivity contribution in [1.82, 2.24) is 29.8 Å². The summed E-state index contributed by atoms with van der Waals surface area (Å²) in [6.07, 6.45) is 3.46. The zero-order valence-corrected chi connectivity index (χ0v) is 16.7. The minimum Gasteiger partial charge on any atom is -0.468 e. The summed E-state index contributed by atoms with van der Waals surface area (Å²) in [6.45, 7) is 5.57. The van der Waals surface area contributed by atoms with Crippen LogP contribution in [0.15, 0.2) is 59.3 Å². The van der Waals surface area contributed by atoms with Gasteiger partial charge in [-0.2, -0.15) is 0 Å². The molecular formula is C22H22N6O2. The summed E-state index contributed by atoms with van der Waals surface area (Å²) in [7, 11) is 0. The number of furan rings is 1. The van der Waals surface area contributed by atoms with Crippen molar-refractivity contribution in [3.8, 4) is 5.69 Å². The number of amides is 1. The maximum Gasteiger partial charge on any atom is 0.276 e. The van der Waals surface area contributed by atoms with Crippen molar-refractivity contribution in [2.45, 2.75) is 13.5 Å². The Bertz CT molecular complexity index is 1180. The normalized spacial score (nSPS) is 15.0. The van der Waals surface area contributed by atoms with Gasteiger partial charge in [0.05, 0.1) is 29.7 Å². The highest BCUT2D eigenvalue weighted by Crippen LogP contribution is 2.19. The second-order valence-corrected chi connectivity index (χ2v) is 7.46. The lowest BCUT2D eigenvalue weighted by Gasteiger charge is -2.33. The largest absolute Gasteiger partial charge is 0.468 e. The summed E-state index contributed by atoms with van der Waals surface area (Å²) in [5.41, 5.74) is 2.92. The predicted octanol–water partition coefficient (Wildman–Crippen LogP) is 2.67. The van der Waals surface area contributed by atoms with Crippen LogP contribution in [0, 0.1) is 6.92 Å². The Morgan fingerprint density at radius 3 is 2.77 bits per heavy atom. The van der Waals surface area contributed by atoms with Crippen molar-refractivity contribution in [2.24, 2.45) is 0 Å². The van der Waals surface area contributed by atoms with Gasteiger partial charge in [0.15, 0.2) is 5.69 Å². The predicted molar refractivity (Wildman–Crippen MR) is 111 cm³/mol. The molecule has 0 saturated carbocycles. The van der Waals surface area contributed by atoms with E-state index in [4.69, 9.17) is 4.42 Å². The standard InChI is InChI=1S/C22H22N6O2/c1-16-21(22(29)27-11-9-26(10-12-27)15-19-5-3-13-30-19)24-25-28(16)18-6-7-20-17(14-18)4-2-8-23-20/h2-8,13-14H,9-12,15H2,1H3. The number of carbonyl (C=O) groups is 1. The Morgan fingerprint density at radius 1 is 1.10 bits per heavy atom. The third kappa shape index (κ3) is 3.46. The monoisotopic (exact) mass is 402 g/mol. The van der Waals surface area contributed by atoms with Gasteiger partial charge in [-0.25, -0.2) is 4.68 Å². The van der Waals surface area contributed by atoms with E-state index in [9.17, 15) is 4.79 Å². The number of carbonyl (C=O) groups excluding carboxylic acids is 1. The van der Waals surface area contributed by atoms with Gasteiger partial charge in [0.2, 0.25) is 0 Å². The highest BCUT2D eigenvalue weighted by molar-refractivity contribution is 5.93. The highest BCUT2D eigenvalue weighted by Gasteiger charge is 2.26. The number of rotatable bonds is 4. The highest BCUT2D eigenvalue weighted by atomic mass is 16.3. The van der Waals surface area contributed by atoms with Crippen LogP contribution in [0.3, 0.4) is 0 Å². The Labute approximate surface area is 173 Å². The molecule has 0 N–H and O–H groups in total. The first-order valence-electron chi connectivity index (χ1n) is 10.0. The first-order chi connectivity index (χ1) is 14.7. The number of benzene rings is 1. The van der Waals surface area contributed by atoms with Crippen molar-refractivity contribution >= 4 is 16.8 Å². The number of fused-ring (bicyclic) bond motifs is 1. The molecule has 0 atom stereocenters. The number of aromatic nitrogens is 4. The molecule has 0 spiro atoms. The van der Waals surface area contributed by atoms with E-state index < -0.39 is 0 Å². The summed E-state index contributed by atoms with van der Waals surface area (Å²) in [5.74, 6) is 0.873. The topological polar surface area (TPSA) is 80.3 Å². The average Bonchev–Trinajstić information content (AvgIpc) is 3.43. The third-order valence-electron chi connectivity index (χ3n) is 5.55. The molecule has 4 aromatic rings. The summed E-state index contributed by atoms with van der Waals surface area (Å²) in [5, 5.41) is 9.47. The van der Waals surface area contributed by atoms with Crippen LogP contribution >= 0.6 is 0 Å². The molecule has 1 aliphatic heterocycles. The summed E-state index contributed by atoms with van der Waals surface area (Å²) in [6, 6.07) is 13.7. The molecule has 152 valence electrons. The van der Waals surface area contributed by atoms with Gasteiger partial charge in [0.25, 0.3) is 5.91 Å². The molecule has 30 heavy (non-hydrogen) atoms. The number of hydrogen-bond acceptors (Lipinski definition) is 6. The summed E-state index contributed by atoms with van der Waals surface area (Å²) >= 11 is 0. The lowest BCUT2D eigenvalue weighted by molar-refractivity contribution is 0.0614. The van der Waals surface area contributed by atoms with E-state index in [1.54, 1.807) is 17.1 Å². The van der Waals surface area contributed by atoms with Gasteiger partial charge in [0, 0.05) is 37.8 Å². The van der Waals surface area contributed by atoms with Crippen LogP contribution in [0.1, 0.15) is 21.9 Å². The van der Waals surface area contributed by atoms with E-state index in [1.165, 1.54) is 0 Å². The Balaban J connectivity index is 1.30. The van der Waals surface area contributed by atoms with E-state index in [1.807, 2.05) is 54.3 Å². The molecule has 3 aromatic heterocycles. The first-order valence-corrected chi connectivity index (χ1v) is 10.0. The second-order valence-electron chi connectivity index (χ2n) is 7.46. The third-order valence-corrected chi connectivity index (χ3v) is 5.55. The van der Waals surface area contributed by atoms with Crippen LogP contribution in [-0.4, -0.2) is 61.9 Å². The van der Waals surface area contributed by atoms with Gasteiger partial charge in [0.1, 0.15) is 5.76 Å². The van der Waals surface area contributed by atoms with E-state index in [-0.39, 0.29) is 5.91 Å². The minimum absolute atomic E-state index is 0.0705. The van der Waals surface area contributed by atoms with Crippen LogP contribution in [0.2, 0.25) is 0 Å². The number of pyridine rings is 1. The maximum atomic E-state index is 13.1. The number of piperazine rings is 1. The molecule has 1 saturated heterocycles. The van der Waals surface area contributed by atoms with Crippen LogP contribution < -0.4 is 0 Å². The van der Waals surface area contributed by atoms with Crippen LogP contribution in [0.4, 0.5) is 0 Å². The molecule has 0 radical (unpaired) electrons. The molecule has 5 rings (SSSR count). The van der Waals surface area contributed by atoms with Gasteiger partial charge in [-0.05, 0) is 43.3 Å². The van der Waals surface area contributed by atoms with Crippen LogP contribution in [-0.2, 0) is 6.54 Å². The Hall–Kier alpha value is -3.52. The van der Waals surface area contributed by atoms with Gasteiger partial charge in [-0.15, -0.1) is 5.10 Å². The Kier molecular flexibility index (Phi) is 4.76. The molecule has 1 aromatic carbocycles. The van der Waals surface area contributed by atoms with Crippen molar-refractivity contribution in [3.05, 3.63) is 72.1 Å². The smallest absolute Gasteiger partial charge is 0.276 e. The fourth-order valence-corrected chi connectivity index (χ4v) is 3.85. The summed E-state index contributed by atoms with van der Waals surface area (Å²) in [4.78, 5) is 21.5. The molecule has 0 bridgehead atoms. The van der Waals surface area contributed by atoms with Crippen molar-refractivity contribution in [3.63, 3.8) is 0 Å². The van der Waals surface area contributed by atoms with E-state index in [2.05, 4.69) is 20.2 Å². The molecule has 4 heterocycles. The molecule has 8 heteroatoms. The fraction of sp³-hybridized carbons (Fsp3) is 0.273. The van der Waals surface area contributed by atoms with E-state index in [0.29, 0.717) is 18.8 Å². The van der Waals surface area contributed by atoms with E-state index >= 15 is 0 Å². The SMILES string of the molecule is Cc1c(C(=O)N2CCN(Cc3ccco3)CC2)nnn1-c1ccc2ncccc2c1. The number of hydrogen-bond donors (Lipinski definition) is 0. The van der Waals surface area contributed by atoms with Gasteiger partial charge in [-0.3, -0.25) is 14.7 Å². The lowest BCUT2D eigenvalue weighted by Crippen LogP contribution is -2.48. The van der Waals surface area contributed by atoms with Gasteiger partial charge >= 0.3 is 0 Å². The molecule has 1 amide bonds. The molecule has 0 aliphatic carbocycles. The van der Waals surface area contributed by atoms with Gasteiger partial charge < -0.3 is 9.32 Å². The number of nitrogens with zero attached hydrogens (tertiary/aromatic N) is 6. The summed E-state index contributed by atoms with van der Waals surface area (Å²) < 4.78 is 7.14. The van der Waals surface area contributed by atoms with Crippen molar-refractivity contribution in [2.75, 3.05) is 26.2 Å². The van der Waals surface area contributed by atoms with Crippen molar-refractivity contribution in [1.29, 1.82) is 0 Å². The minimum atomic E-state index is -0.0705. The molecule has 0 unspecified atom stereocenters. The molecular weight excluding hydrogens is 380 g/mol.